The lowest BCUT2D eigenvalue weighted by Crippen LogP contribution is -2.18. The molecule has 0 saturated carbocycles. The molecule has 0 unspecified atom stereocenters. The zero-order valence-electron chi connectivity index (χ0n) is 16.6. The van der Waals surface area contributed by atoms with Gasteiger partial charge in [-0.05, 0) is 37.1 Å². The summed E-state index contributed by atoms with van der Waals surface area (Å²) in [5.41, 5.74) is 4.92. The van der Waals surface area contributed by atoms with Gasteiger partial charge in [-0.2, -0.15) is 5.10 Å². The van der Waals surface area contributed by atoms with Crippen LogP contribution in [0.1, 0.15) is 35.0 Å². The molecule has 0 aliphatic heterocycles. The maximum atomic E-state index is 12.6. The predicted molar refractivity (Wildman–Crippen MR) is 111 cm³/mol. The van der Waals surface area contributed by atoms with Gasteiger partial charge in [0.2, 0.25) is 0 Å². The van der Waals surface area contributed by atoms with E-state index in [0.717, 1.165) is 17.5 Å². The van der Waals surface area contributed by atoms with Crippen molar-refractivity contribution in [3.8, 4) is 22.8 Å². The molecule has 1 heterocycles. The van der Waals surface area contributed by atoms with E-state index in [4.69, 9.17) is 14.0 Å². The molecule has 0 aliphatic rings. The third-order valence-electron chi connectivity index (χ3n) is 4.17. The monoisotopic (exact) mass is 393 g/mol. The number of hydrazone groups is 1. The zero-order valence-corrected chi connectivity index (χ0v) is 16.6. The van der Waals surface area contributed by atoms with Crippen molar-refractivity contribution >= 4 is 12.1 Å². The molecule has 2 aromatic carbocycles. The Morgan fingerprint density at radius 3 is 2.72 bits per heavy atom. The normalized spacial score (nSPS) is 10.9. The number of hydrogen-bond donors (Lipinski definition) is 1. The second-order valence-corrected chi connectivity index (χ2v) is 6.29. The van der Waals surface area contributed by atoms with Crippen LogP contribution in [-0.2, 0) is 0 Å². The van der Waals surface area contributed by atoms with E-state index in [1.165, 1.54) is 6.21 Å². The standard InChI is InChI=1S/C22H23N3O4/c1-4-12-28-18-11-10-16(13-19(18)27-3)14-23-24-22(26)20-15(2)29-25-21(20)17-8-6-5-7-9-17/h5-11,13-14H,4,12H2,1-3H3,(H,24,26). The molecule has 1 amide bonds. The van der Waals surface area contributed by atoms with Crippen molar-refractivity contribution in [2.45, 2.75) is 20.3 Å². The summed E-state index contributed by atoms with van der Waals surface area (Å²) in [4.78, 5) is 12.6. The first-order chi connectivity index (χ1) is 14.1. The van der Waals surface area contributed by atoms with Crippen LogP contribution in [0.2, 0.25) is 0 Å². The van der Waals surface area contributed by atoms with E-state index in [2.05, 4.69) is 15.7 Å². The Hall–Kier alpha value is -3.61. The van der Waals surface area contributed by atoms with Gasteiger partial charge in [-0.25, -0.2) is 5.43 Å². The third kappa shape index (κ3) is 4.82. The largest absolute Gasteiger partial charge is 0.493 e. The SMILES string of the molecule is CCCOc1ccc(C=NNC(=O)c2c(-c3ccccc3)noc2C)cc1OC. The van der Waals surface area contributed by atoms with Gasteiger partial charge in [0.15, 0.2) is 11.5 Å². The molecule has 3 aromatic rings. The van der Waals surface area contributed by atoms with Gasteiger partial charge < -0.3 is 14.0 Å². The molecule has 0 atom stereocenters. The summed E-state index contributed by atoms with van der Waals surface area (Å²) in [7, 11) is 1.58. The fraction of sp³-hybridized carbons (Fsp3) is 0.227. The van der Waals surface area contributed by atoms with E-state index >= 15 is 0 Å². The smallest absolute Gasteiger partial charge is 0.277 e. The van der Waals surface area contributed by atoms with Crippen molar-refractivity contribution in [2.75, 3.05) is 13.7 Å². The molecule has 0 spiro atoms. The van der Waals surface area contributed by atoms with Crippen LogP contribution in [0.15, 0.2) is 58.2 Å². The molecule has 150 valence electrons. The van der Waals surface area contributed by atoms with E-state index < -0.39 is 5.91 Å². The van der Waals surface area contributed by atoms with Gasteiger partial charge in [-0.15, -0.1) is 0 Å². The van der Waals surface area contributed by atoms with Crippen LogP contribution in [0.4, 0.5) is 0 Å². The van der Waals surface area contributed by atoms with Crippen molar-refractivity contribution in [3.05, 3.63) is 65.4 Å². The highest BCUT2D eigenvalue weighted by Gasteiger charge is 2.21. The Morgan fingerprint density at radius 2 is 2.00 bits per heavy atom. The van der Waals surface area contributed by atoms with Crippen LogP contribution in [0, 0.1) is 6.92 Å². The molecule has 1 aromatic heterocycles. The molecule has 0 bridgehead atoms. The lowest BCUT2D eigenvalue weighted by molar-refractivity contribution is 0.0954. The summed E-state index contributed by atoms with van der Waals surface area (Å²) in [6.07, 6.45) is 2.45. The third-order valence-corrected chi connectivity index (χ3v) is 4.17. The minimum Gasteiger partial charge on any atom is -0.493 e. The van der Waals surface area contributed by atoms with Gasteiger partial charge in [0.25, 0.3) is 5.91 Å². The van der Waals surface area contributed by atoms with E-state index in [1.807, 2.05) is 49.4 Å². The van der Waals surface area contributed by atoms with Crippen molar-refractivity contribution in [1.29, 1.82) is 0 Å². The van der Waals surface area contributed by atoms with E-state index in [9.17, 15) is 4.79 Å². The van der Waals surface area contributed by atoms with Gasteiger partial charge in [0.1, 0.15) is 17.0 Å². The van der Waals surface area contributed by atoms with Crippen molar-refractivity contribution in [3.63, 3.8) is 0 Å². The number of aromatic nitrogens is 1. The summed E-state index contributed by atoms with van der Waals surface area (Å²) < 4.78 is 16.2. The number of carbonyl (C=O) groups excluding carboxylic acids is 1. The first-order valence-corrected chi connectivity index (χ1v) is 9.30. The number of nitrogens with one attached hydrogen (secondary N) is 1. The van der Waals surface area contributed by atoms with Crippen molar-refractivity contribution < 1.29 is 18.8 Å². The second-order valence-electron chi connectivity index (χ2n) is 6.29. The molecule has 7 nitrogen and oxygen atoms in total. The number of nitrogens with zero attached hydrogens (tertiary/aromatic N) is 2. The molecular formula is C22H23N3O4. The Kier molecular flexibility index (Phi) is 6.63. The number of ether oxygens (including phenoxy) is 2. The Bertz CT molecular complexity index is 997. The fourth-order valence-corrected chi connectivity index (χ4v) is 2.75. The fourth-order valence-electron chi connectivity index (χ4n) is 2.75. The number of carbonyl (C=O) groups is 1. The highest BCUT2D eigenvalue weighted by molar-refractivity contribution is 6.01. The number of rotatable bonds is 8. The Balaban J connectivity index is 1.73. The molecular weight excluding hydrogens is 370 g/mol. The quantitative estimate of drug-likeness (QED) is 0.458. The van der Waals surface area contributed by atoms with E-state index in [1.54, 1.807) is 20.1 Å². The van der Waals surface area contributed by atoms with Gasteiger partial charge >= 0.3 is 0 Å². The van der Waals surface area contributed by atoms with Crippen LogP contribution in [-0.4, -0.2) is 31.0 Å². The first kappa shape index (κ1) is 20.1. The first-order valence-electron chi connectivity index (χ1n) is 9.30. The molecule has 0 fully saturated rings. The van der Waals surface area contributed by atoms with Gasteiger partial charge in [-0.3, -0.25) is 4.79 Å². The Morgan fingerprint density at radius 1 is 1.21 bits per heavy atom. The van der Waals surface area contributed by atoms with Crippen LogP contribution in [0.25, 0.3) is 11.3 Å². The number of aryl methyl sites for hydroxylation is 1. The van der Waals surface area contributed by atoms with Crippen LogP contribution in [0.5, 0.6) is 11.5 Å². The highest BCUT2D eigenvalue weighted by atomic mass is 16.5. The summed E-state index contributed by atoms with van der Waals surface area (Å²) in [5.74, 6) is 1.31. The minimum absolute atomic E-state index is 0.356. The molecule has 7 heteroatoms. The number of hydrogen-bond acceptors (Lipinski definition) is 6. The molecule has 3 rings (SSSR count). The lowest BCUT2D eigenvalue weighted by Gasteiger charge is -2.10. The van der Waals surface area contributed by atoms with Crippen LogP contribution in [0.3, 0.4) is 0 Å². The van der Waals surface area contributed by atoms with Crippen molar-refractivity contribution in [1.82, 2.24) is 10.6 Å². The van der Waals surface area contributed by atoms with Crippen LogP contribution < -0.4 is 14.9 Å². The van der Waals surface area contributed by atoms with E-state index in [-0.39, 0.29) is 0 Å². The number of amides is 1. The van der Waals surface area contributed by atoms with Gasteiger partial charge in [0.05, 0.1) is 19.9 Å². The average molecular weight is 393 g/mol. The minimum atomic E-state index is -0.395. The summed E-state index contributed by atoms with van der Waals surface area (Å²) in [6, 6.07) is 14.8. The number of methoxy groups -OCH3 is 1. The van der Waals surface area contributed by atoms with Crippen molar-refractivity contribution in [2.24, 2.45) is 5.10 Å². The summed E-state index contributed by atoms with van der Waals surface area (Å²) in [5, 5.41) is 8.06. The zero-order chi connectivity index (χ0) is 20.6. The van der Waals surface area contributed by atoms with E-state index in [0.29, 0.717) is 35.1 Å². The molecule has 0 radical (unpaired) electrons. The molecule has 0 saturated heterocycles. The van der Waals surface area contributed by atoms with Gasteiger partial charge in [-0.1, -0.05) is 42.4 Å². The number of benzene rings is 2. The average Bonchev–Trinajstić information content (AvgIpc) is 3.14. The summed E-state index contributed by atoms with van der Waals surface area (Å²) >= 11 is 0. The maximum absolute atomic E-state index is 12.6. The second kappa shape index (κ2) is 9.54. The molecule has 0 aliphatic carbocycles. The van der Waals surface area contributed by atoms with Gasteiger partial charge in [0, 0.05) is 5.56 Å². The van der Waals surface area contributed by atoms with Crippen LogP contribution >= 0.6 is 0 Å². The summed E-state index contributed by atoms with van der Waals surface area (Å²) in [6.45, 7) is 4.34. The Labute approximate surface area is 169 Å². The lowest BCUT2D eigenvalue weighted by atomic mass is 10.1. The maximum Gasteiger partial charge on any atom is 0.277 e. The molecule has 1 N–H and O–H groups in total. The topological polar surface area (TPSA) is 86.0 Å². The molecule has 29 heavy (non-hydrogen) atoms. The highest BCUT2D eigenvalue weighted by Crippen LogP contribution is 2.28. The predicted octanol–water partition coefficient (Wildman–Crippen LogP) is 4.21.